The summed E-state index contributed by atoms with van der Waals surface area (Å²) in [6, 6.07) is 0. The molecule has 19 heavy (non-hydrogen) atoms. The van der Waals surface area contributed by atoms with E-state index < -0.39 is 24.5 Å². The predicted octanol–water partition coefficient (Wildman–Crippen LogP) is 0.378. The Morgan fingerprint density at radius 1 is 1.32 bits per heavy atom. The van der Waals surface area contributed by atoms with Gasteiger partial charge in [-0.2, -0.15) is 0 Å². The molecule has 4 atom stereocenters. The second-order valence-corrected chi connectivity index (χ2v) is 5.58. The third-order valence-electron chi connectivity index (χ3n) is 3.32. The van der Waals surface area contributed by atoms with Crippen LogP contribution in [0, 0.1) is 10.8 Å². The number of fused-ring (bicyclic) bond motifs is 1. The third kappa shape index (κ3) is 2.02. The number of imidazole rings is 1. The summed E-state index contributed by atoms with van der Waals surface area (Å²) in [5.74, 6) is 0. The number of rotatable bonds is 1. The van der Waals surface area contributed by atoms with Gasteiger partial charge in [0.1, 0.15) is 17.7 Å². The van der Waals surface area contributed by atoms with E-state index in [0.717, 1.165) is 5.69 Å². The summed E-state index contributed by atoms with van der Waals surface area (Å²) >= 11 is 2.03. The van der Waals surface area contributed by atoms with E-state index in [2.05, 4.69) is 15.0 Å². The molecule has 1 fully saturated rings. The standard InChI is InChI=1S/C11H13IN4O3/c1-4-6-9(15-11(12)14-4)16(3-13-6)10-8(18)7(17)5(2)19-10/h3,5,7-8,10,17-18H,1-2H3. The molecular weight excluding hydrogens is 363 g/mol. The Morgan fingerprint density at radius 3 is 2.68 bits per heavy atom. The summed E-state index contributed by atoms with van der Waals surface area (Å²) in [5, 5.41) is 19.8. The van der Waals surface area contributed by atoms with Crippen molar-refractivity contribution in [2.24, 2.45) is 0 Å². The fourth-order valence-corrected chi connectivity index (χ4v) is 2.86. The van der Waals surface area contributed by atoms with Crippen LogP contribution in [0.2, 0.25) is 0 Å². The molecule has 8 heteroatoms. The smallest absolute Gasteiger partial charge is 0.193 e. The van der Waals surface area contributed by atoms with Crippen molar-refractivity contribution in [1.82, 2.24) is 19.5 Å². The van der Waals surface area contributed by atoms with E-state index in [1.807, 2.05) is 29.5 Å². The van der Waals surface area contributed by atoms with E-state index >= 15 is 0 Å². The lowest BCUT2D eigenvalue weighted by Crippen LogP contribution is -2.30. The first kappa shape index (κ1) is 13.2. The number of hydrogen-bond acceptors (Lipinski definition) is 6. The first-order chi connectivity index (χ1) is 8.99. The van der Waals surface area contributed by atoms with Gasteiger partial charge in [0.05, 0.1) is 18.1 Å². The zero-order valence-corrected chi connectivity index (χ0v) is 12.5. The molecule has 1 aliphatic heterocycles. The van der Waals surface area contributed by atoms with Crippen LogP contribution in [0.5, 0.6) is 0 Å². The molecule has 0 amide bonds. The lowest BCUT2D eigenvalue weighted by Gasteiger charge is -2.16. The lowest BCUT2D eigenvalue weighted by atomic mass is 10.1. The van der Waals surface area contributed by atoms with Gasteiger partial charge < -0.3 is 14.9 Å². The maximum Gasteiger partial charge on any atom is 0.193 e. The molecular formula is C11H13IN4O3. The Morgan fingerprint density at radius 2 is 2.05 bits per heavy atom. The van der Waals surface area contributed by atoms with Crippen LogP contribution in [0.1, 0.15) is 18.8 Å². The summed E-state index contributed by atoms with van der Waals surface area (Å²) in [6.07, 6.45) is -1.47. The second-order valence-electron chi connectivity index (χ2n) is 4.62. The van der Waals surface area contributed by atoms with Gasteiger partial charge in [-0.15, -0.1) is 0 Å². The van der Waals surface area contributed by atoms with E-state index in [1.165, 1.54) is 0 Å². The summed E-state index contributed by atoms with van der Waals surface area (Å²) in [6.45, 7) is 3.57. The normalized spacial score (nSPS) is 31.2. The molecule has 3 heterocycles. The van der Waals surface area contributed by atoms with Crippen molar-refractivity contribution in [1.29, 1.82) is 0 Å². The van der Waals surface area contributed by atoms with E-state index in [4.69, 9.17) is 4.74 Å². The van der Waals surface area contributed by atoms with Crippen LogP contribution < -0.4 is 0 Å². The molecule has 0 bridgehead atoms. The predicted molar refractivity (Wildman–Crippen MR) is 74.4 cm³/mol. The van der Waals surface area contributed by atoms with Crippen LogP contribution in [-0.2, 0) is 4.74 Å². The van der Waals surface area contributed by atoms with Crippen molar-refractivity contribution in [3.8, 4) is 0 Å². The summed E-state index contributed by atoms with van der Waals surface area (Å²) < 4.78 is 7.82. The molecule has 2 aromatic rings. The minimum atomic E-state index is -1.000. The van der Waals surface area contributed by atoms with Gasteiger partial charge in [-0.3, -0.25) is 4.57 Å². The summed E-state index contributed by atoms with van der Waals surface area (Å²) in [7, 11) is 0. The maximum atomic E-state index is 10.0. The Balaban J connectivity index is 2.11. The number of halogens is 1. The molecule has 1 saturated heterocycles. The Bertz CT molecular complexity index is 632. The minimum absolute atomic E-state index is 0.431. The molecule has 0 saturated carbocycles. The number of aromatic nitrogens is 4. The van der Waals surface area contributed by atoms with E-state index in [1.54, 1.807) is 17.8 Å². The van der Waals surface area contributed by atoms with Crippen molar-refractivity contribution >= 4 is 33.8 Å². The molecule has 2 N–H and O–H groups in total. The van der Waals surface area contributed by atoms with E-state index in [0.29, 0.717) is 15.0 Å². The second kappa shape index (κ2) is 4.62. The first-order valence-corrected chi connectivity index (χ1v) is 6.95. The average Bonchev–Trinajstić information content (AvgIpc) is 2.86. The number of aliphatic hydroxyl groups excluding tert-OH is 2. The van der Waals surface area contributed by atoms with Gasteiger partial charge in [0.15, 0.2) is 15.7 Å². The van der Waals surface area contributed by atoms with E-state index in [-0.39, 0.29) is 0 Å². The van der Waals surface area contributed by atoms with Gasteiger partial charge in [0.2, 0.25) is 0 Å². The molecule has 0 aliphatic carbocycles. The highest BCUT2D eigenvalue weighted by Gasteiger charge is 2.42. The molecule has 7 nitrogen and oxygen atoms in total. The third-order valence-corrected chi connectivity index (χ3v) is 3.80. The van der Waals surface area contributed by atoms with Crippen LogP contribution in [0.3, 0.4) is 0 Å². The van der Waals surface area contributed by atoms with Crippen molar-refractivity contribution in [3.05, 3.63) is 15.9 Å². The lowest BCUT2D eigenvalue weighted by molar-refractivity contribution is -0.0299. The van der Waals surface area contributed by atoms with Gasteiger partial charge in [-0.1, -0.05) is 0 Å². The minimum Gasteiger partial charge on any atom is -0.388 e. The van der Waals surface area contributed by atoms with Gasteiger partial charge in [0.25, 0.3) is 0 Å². The molecule has 0 radical (unpaired) electrons. The zero-order valence-electron chi connectivity index (χ0n) is 10.4. The van der Waals surface area contributed by atoms with Gasteiger partial charge in [-0.05, 0) is 13.8 Å². The molecule has 0 aromatic carbocycles. The molecule has 2 aromatic heterocycles. The van der Waals surface area contributed by atoms with Crippen molar-refractivity contribution in [3.63, 3.8) is 0 Å². The Kier molecular flexibility index (Phi) is 3.20. The van der Waals surface area contributed by atoms with Crippen LogP contribution in [0.15, 0.2) is 6.33 Å². The average molecular weight is 376 g/mol. The molecule has 0 spiro atoms. The number of aliphatic hydroxyl groups is 2. The van der Waals surface area contributed by atoms with E-state index in [9.17, 15) is 10.2 Å². The number of ether oxygens (including phenoxy) is 1. The largest absolute Gasteiger partial charge is 0.388 e. The van der Waals surface area contributed by atoms with Crippen LogP contribution >= 0.6 is 22.6 Å². The SMILES string of the molecule is Cc1nc(I)nc2c1ncn2C1OC(C)C(O)C1O. The molecule has 102 valence electrons. The molecule has 3 rings (SSSR count). The molecule has 4 unspecified atom stereocenters. The van der Waals surface area contributed by atoms with Crippen molar-refractivity contribution < 1.29 is 14.9 Å². The first-order valence-electron chi connectivity index (χ1n) is 5.87. The van der Waals surface area contributed by atoms with Crippen LogP contribution in [0.25, 0.3) is 11.2 Å². The Labute approximate surface area is 122 Å². The monoisotopic (exact) mass is 376 g/mol. The van der Waals surface area contributed by atoms with Crippen molar-refractivity contribution in [2.45, 2.75) is 38.4 Å². The highest BCUT2D eigenvalue weighted by Crippen LogP contribution is 2.31. The molecule has 1 aliphatic rings. The summed E-state index contributed by atoms with van der Waals surface area (Å²) in [5.41, 5.74) is 2.04. The summed E-state index contributed by atoms with van der Waals surface area (Å²) in [4.78, 5) is 12.8. The van der Waals surface area contributed by atoms with Gasteiger partial charge in [0, 0.05) is 22.6 Å². The highest BCUT2D eigenvalue weighted by molar-refractivity contribution is 14.1. The van der Waals surface area contributed by atoms with Crippen LogP contribution in [-0.4, -0.2) is 48.0 Å². The topological polar surface area (TPSA) is 93.3 Å². The van der Waals surface area contributed by atoms with Gasteiger partial charge >= 0.3 is 0 Å². The van der Waals surface area contributed by atoms with Gasteiger partial charge in [-0.25, -0.2) is 15.0 Å². The zero-order chi connectivity index (χ0) is 13.7. The van der Waals surface area contributed by atoms with Crippen LogP contribution in [0.4, 0.5) is 0 Å². The number of aryl methyl sites for hydroxylation is 1. The fraction of sp³-hybridized carbons (Fsp3) is 0.545. The Hall–Kier alpha value is -0.840. The van der Waals surface area contributed by atoms with Crippen molar-refractivity contribution in [2.75, 3.05) is 0 Å². The fourth-order valence-electron chi connectivity index (χ4n) is 2.27. The maximum absolute atomic E-state index is 10.0. The number of nitrogens with zero attached hydrogens (tertiary/aromatic N) is 4. The quantitative estimate of drug-likeness (QED) is 0.552. The highest BCUT2D eigenvalue weighted by atomic mass is 127. The number of hydrogen-bond donors (Lipinski definition) is 2.